The number of benzene rings is 1. The van der Waals surface area contributed by atoms with E-state index in [2.05, 4.69) is 10.6 Å². The van der Waals surface area contributed by atoms with Crippen molar-refractivity contribution in [1.29, 1.82) is 0 Å². The Morgan fingerprint density at radius 2 is 1.85 bits per heavy atom. The number of carbonyl (C=O) groups is 3. The standard InChI is InChI=1S/C12H13N2O6/c15-6-10(17)13-4-7-1-2-8(16)3-9(7)12(20)14-5-11(18)19/h1-3,16H,4-6H2,(H,13,17)(H,14,20)(H,18,19). The fourth-order valence-electron chi connectivity index (χ4n) is 1.43. The number of carboxylic acid groups (broad SMARTS) is 1. The first kappa shape index (κ1) is 15.4. The molecular formula is C12H13N2O6. The third-order valence-electron chi connectivity index (χ3n) is 2.35. The smallest absolute Gasteiger partial charge is 0.322 e. The van der Waals surface area contributed by atoms with Crippen molar-refractivity contribution in [3.05, 3.63) is 29.3 Å². The number of phenolic OH excluding ortho intramolecular Hbond substituents is 1. The highest BCUT2D eigenvalue weighted by atomic mass is 16.4. The zero-order valence-electron chi connectivity index (χ0n) is 10.4. The average molecular weight is 281 g/mol. The van der Waals surface area contributed by atoms with Crippen LogP contribution in [0.5, 0.6) is 5.75 Å². The molecule has 0 aliphatic heterocycles. The summed E-state index contributed by atoms with van der Waals surface area (Å²) in [6.45, 7) is -1.57. The molecule has 107 valence electrons. The second-order valence-corrected chi connectivity index (χ2v) is 3.84. The molecule has 0 saturated carbocycles. The fourth-order valence-corrected chi connectivity index (χ4v) is 1.43. The van der Waals surface area contributed by atoms with Gasteiger partial charge in [0.05, 0.1) is 0 Å². The maximum atomic E-state index is 11.8. The van der Waals surface area contributed by atoms with Gasteiger partial charge in [-0.25, -0.2) is 5.11 Å². The van der Waals surface area contributed by atoms with Crippen molar-refractivity contribution in [3.8, 4) is 5.75 Å². The van der Waals surface area contributed by atoms with Gasteiger partial charge in [0.15, 0.2) is 6.61 Å². The normalized spacial score (nSPS) is 9.85. The number of amides is 2. The van der Waals surface area contributed by atoms with Gasteiger partial charge in [-0.05, 0) is 17.7 Å². The Balaban J connectivity index is 2.86. The molecule has 0 aliphatic carbocycles. The van der Waals surface area contributed by atoms with Crippen LogP contribution in [0.1, 0.15) is 15.9 Å². The molecule has 1 rings (SSSR count). The van der Waals surface area contributed by atoms with Crippen LogP contribution in [0.2, 0.25) is 0 Å². The van der Waals surface area contributed by atoms with Crippen molar-refractivity contribution in [2.45, 2.75) is 6.54 Å². The number of rotatable bonds is 6. The largest absolute Gasteiger partial charge is 0.508 e. The Kier molecular flexibility index (Phi) is 5.48. The maximum Gasteiger partial charge on any atom is 0.322 e. The van der Waals surface area contributed by atoms with E-state index < -0.39 is 30.9 Å². The predicted octanol–water partition coefficient (Wildman–Crippen LogP) is -0.747. The molecule has 0 fully saturated rings. The van der Waals surface area contributed by atoms with Crippen molar-refractivity contribution in [2.75, 3.05) is 13.2 Å². The number of aromatic hydroxyl groups is 1. The van der Waals surface area contributed by atoms with Crippen LogP contribution in [-0.2, 0) is 21.2 Å². The van der Waals surface area contributed by atoms with Gasteiger partial charge in [0, 0.05) is 12.1 Å². The first-order chi connectivity index (χ1) is 9.43. The van der Waals surface area contributed by atoms with Gasteiger partial charge in [-0.3, -0.25) is 14.4 Å². The number of nitrogens with one attached hydrogen (secondary N) is 2. The van der Waals surface area contributed by atoms with E-state index >= 15 is 0 Å². The van der Waals surface area contributed by atoms with Crippen molar-refractivity contribution < 1.29 is 29.7 Å². The van der Waals surface area contributed by atoms with Gasteiger partial charge in [0.2, 0.25) is 5.91 Å². The molecule has 4 N–H and O–H groups in total. The Morgan fingerprint density at radius 3 is 2.45 bits per heavy atom. The molecular weight excluding hydrogens is 268 g/mol. The van der Waals surface area contributed by atoms with Crippen LogP contribution in [0, 0.1) is 0 Å². The van der Waals surface area contributed by atoms with Crippen molar-refractivity contribution in [2.24, 2.45) is 0 Å². The first-order valence-corrected chi connectivity index (χ1v) is 5.60. The molecule has 2 amide bonds. The number of hydrogen-bond donors (Lipinski definition) is 4. The third-order valence-corrected chi connectivity index (χ3v) is 2.35. The van der Waals surface area contributed by atoms with Gasteiger partial charge in [-0.1, -0.05) is 6.07 Å². The minimum absolute atomic E-state index is 0.0254. The summed E-state index contributed by atoms with van der Waals surface area (Å²) in [7, 11) is 0. The molecule has 1 aromatic rings. The van der Waals surface area contributed by atoms with Crippen LogP contribution >= 0.6 is 0 Å². The van der Waals surface area contributed by atoms with Gasteiger partial charge < -0.3 is 20.8 Å². The molecule has 1 aromatic carbocycles. The Bertz CT molecular complexity index is 529. The van der Waals surface area contributed by atoms with Gasteiger partial charge >= 0.3 is 5.97 Å². The number of carbonyl (C=O) groups excluding carboxylic acids is 2. The third kappa shape index (κ3) is 4.58. The van der Waals surface area contributed by atoms with Crippen LogP contribution in [0.3, 0.4) is 0 Å². The molecule has 0 aromatic heterocycles. The van der Waals surface area contributed by atoms with E-state index in [1.54, 1.807) is 0 Å². The first-order valence-electron chi connectivity index (χ1n) is 5.60. The van der Waals surface area contributed by atoms with E-state index in [-0.39, 0.29) is 17.9 Å². The number of phenols is 1. The summed E-state index contributed by atoms with van der Waals surface area (Å²) in [6, 6.07) is 3.86. The Morgan fingerprint density at radius 1 is 1.15 bits per heavy atom. The van der Waals surface area contributed by atoms with Crippen LogP contribution < -0.4 is 10.6 Å². The summed E-state index contributed by atoms with van der Waals surface area (Å²) < 4.78 is 0. The molecule has 0 bridgehead atoms. The fraction of sp³-hybridized carbons (Fsp3) is 0.250. The highest BCUT2D eigenvalue weighted by molar-refractivity contribution is 5.97. The minimum atomic E-state index is -1.21. The van der Waals surface area contributed by atoms with Gasteiger partial charge in [0.25, 0.3) is 5.91 Å². The lowest BCUT2D eigenvalue weighted by Gasteiger charge is -2.10. The van der Waals surface area contributed by atoms with E-state index in [0.29, 0.717) is 5.56 Å². The monoisotopic (exact) mass is 281 g/mol. The van der Waals surface area contributed by atoms with E-state index in [0.717, 1.165) is 6.07 Å². The molecule has 0 heterocycles. The number of hydrogen-bond acceptors (Lipinski definition) is 4. The van der Waals surface area contributed by atoms with E-state index in [9.17, 15) is 24.6 Å². The number of carboxylic acids is 1. The molecule has 0 unspecified atom stereocenters. The zero-order chi connectivity index (χ0) is 15.1. The van der Waals surface area contributed by atoms with Crippen molar-refractivity contribution in [3.63, 3.8) is 0 Å². The molecule has 0 atom stereocenters. The molecule has 8 nitrogen and oxygen atoms in total. The molecule has 1 radical (unpaired) electrons. The van der Waals surface area contributed by atoms with Gasteiger partial charge in [-0.15, -0.1) is 0 Å². The Hall–Kier alpha value is -2.61. The summed E-state index contributed by atoms with van der Waals surface area (Å²) in [5.41, 5.74) is 0.380. The van der Waals surface area contributed by atoms with Crippen LogP contribution in [0.15, 0.2) is 18.2 Å². The van der Waals surface area contributed by atoms with Crippen LogP contribution in [-0.4, -0.2) is 41.1 Å². The van der Waals surface area contributed by atoms with Gasteiger partial charge in [-0.2, -0.15) is 0 Å². The molecule has 0 spiro atoms. The molecule has 8 heteroatoms. The summed E-state index contributed by atoms with van der Waals surface area (Å²) in [6.07, 6.45) is 0. The SMILES string of the molecule is [O]CC(=O)NCc1ccc(O)cc1C(=O)NCC(=O)O. The second-order valence-electron chi connectivity index (χ2n) is 3.84. The summed E-state index contributed by atoms with van der Waals surface area (Å²) in [5.74, 6) is -2.81. The highest BCUT2D eigenvalue weighted by Gasteiger charge is 2.14. The topological polar surface area (TPSA) is 136 Å². The summed E-state index contributed by atoms with van der Waals surface area (Å²) in [5, 5.41) is 32.6. The molecule has 0 aliphatic rings. The second kappa shape index (κ2) is 7.10. The lowest BCUT2D eigenvalue weighted by Crippen LogP contribution is -2.31. The Labute approximate surface area is 114 Å². The summed E-state index contributed by atoms with van der Waals surface area (Å²) in [4.78, 5) is 33.1. The average Bonchev–Trinajstić information content (AvgIpc) is 2.42. The highest BCUT2D eigenvalue weighted by Crippen LogP contribution is 2.16. The van der Waals surface area contributed by atoms with Crippen LogP contribution in [0.4, 0.5) is 0 Å². The van der Waals surface area contributed by atoms with Crippen molar-refractivity contribution >= 4 is 17.8 Å². The van der Waals surface area contributed by atoms with Crippen molar-refractivity contribution in [1.82, 2.24) is 10.6 Å². The zero-order valence-corrected chi connectivity index (χ0v) is 10.4. The predicted molar refractivity (Wildman–Crippen MR) is 65.5 cm³/mol. The maximum absolute atomic E-state index is 11.8. The quantitative estimate of drug-likeness (QED) is 0.544. The molecule has 20 heavy (non-hydrogen) atoms. The van der Waals surface area contributed by atoms with E-state index in [4.69, 9.17) is 5.11 Å². The lowest BCUT2D eigenvalue weighted by atomic mass is 10.1. The summed E-state index contributed by atoms with van der Waals surface area (Å²) >= 11 is 0. The van der Waals surface area contributed by atoms with E-state index in [1.807, 2.05) is 0 Å². The van der Waals surface area contributed by atoms with Gasteiger partial charge in [0.1, 0.15) is 12.3 Å². The lowest BCUT2D eigenvalue weighted by molar-refractivity contribution is -0.135. The van der Waals surface area contributed by atoms with Crippen LogP contribution in [0.25, 0.3) is 0 Å². The minimum Gasteiger partial charge on any atom is -0.508 e. The number of aliphatic carboxylic acids is 1. The molecule has 0 saturated heterocycles. The van der Waals surface area contributed by atoms with E-state index in [1.165, 1.54) is 12.1 Å².